The van der Waals surface area contributed by atoms with E-state index in [2.05, 4.69) is 39.5 Å². The Kier molecular flexibility index (Phi) is 4.80. The first kappa shape index (κ1) is 11.9. The summed E-state index contributed by atoms with van der Waals surface area (Å²) in [5.41, 5.74) is 0. The fraction of sp³-hybridized carbons (Fsp3) is 1.00. The van der Waals surface area contributed by atoms with Gasteiger partial charge in [0.15, 0.2) is 0 Å². The number of aliphatic hydroxyl groups excluding tert-OH is 1. The van der Waals surface area contributed by atoms with E-state index < -0.39 is 0 Å². The van der Waals surface area contributed by atoms with E-state index in [1.54, 1.807) is 0 Å². The lowest BCUT2D eigenvalue weighted by molar-refractivity contribution is 0.0314. The molecule has 0 saturated heterocycles. The Morgan fingerprint density at radius 2 is 1.17 bits per heavy atom. The molecule has 0 rings (SSSR count). The van der Waals surface area contributed by atoms with Crippen LogP contribution in [-0.2, 0) is 0 Å². The maximum atomic E-state index is 9.45. The average Bonchev–Trinajstić information content (AvgIpc) is 1.85. The molecule has 2 heteroatoms. The first-order valence-corrected chi connectivity index (χ1v) is 4.83. The van der Waals surface area contributed by atoms with Crippen LogP contribution in [0.3, 0.4) is 0 Å². The zero-order valence-corrected chi connectivity index (χ0v) is 9.20. The summed E-state index contributed by atoms with van der Waals surface area (Å²) in [6, 6.07) is 1.23. The number of rotatable bonds is 4. The molecule has 0 aliphatic heterocycles. The molecule has 0 heterocycles. The smallest absolute Gasteiger partial charge is 0.0664 e. The van der Waals surface area contributed by atoms with Crippen LogP contribution in [0.2, 0.25) is 0 Å². The van der Waals surface area contributed by atoms with Gasteiger partial charge in [0.1, 0.15) is 0 Å². The molecule has 0 aromatic heterocycles. The lowest BCUT2D eigenvalue weighted by Crippen LogP contribution is -2.48. The van der Waals surface area contributed by atoms with Gasteiger partial charge in [0.05, 0.1) is 6.10 Å². The molecule has 0 unspecified atom stereocenters. The van der Waals surface area contributed by atoms with Crippen molar-refractivity contribution in [3.8, 4) is 0 Å². The summed E-state index contributed by atoms with van der Waals surface area (Å²) in [6.45, 7) is 12.6. The molecule has 0 aliphatic carbocycles. The topological polar surface area (TPSA) is 23.5 Å². The van der Waals surface area contributed by atoms with Crippen molar-refractivity contribution < 1.29 is 5.11 Å². The van der Waals surface area contributed by atoms with Crippen LogP contribution in [0.15, 0.2) is 0 Å². The minimum atomic E-state index is -0.255. The van der Waals surface area contributed by atoms with E-state index in [1.807, 2.05) is 6.92 Å². The van der Waals surface area contributed by atoms with Crippen molar-refractivity contribution in [1.82, 2.24) is 4.90 Å². The number of aliphatic hydroxyl groups is 1. The van der Waals surface area contributed by atoms with Gasteiger partial charge in [-0.2, -0.15) is 0 Å². The number of hydrogen-bond acceptors (Lipinski definition) is 2. The van der Waals surface area contributed by atoms with Crippen molar-refractivity contribution in [1.29, 1.82) is 0 Å². The molecule has 0 bridgehead atoms. The van der Waals surface area contributed by atoms with E-state index >= 15 is 0 Å². The largest absolute Gasteiger partial charge is 0.392 e. The molecule has 74 valence electrons. The SMILES string of the molecule is CC(C)N(C(C)C)[C@H](C)[C@@H](C)O. The van der Waals surface area contributed by atoms with Gasteiger partial charge in [0.2, 0.25) is 0 Å². The summed E-state index contributed by atoms with van der Waals surface area (Å²) in [5, 5.41) is 9.45. The van der Waals surface area contributed by atoms with Gasteiger partial charge in [-0.05, 0) is 41.5 Å². The zero-order valence-electron chi connectivity index (χ0n) is 9.20. The molecule has 0 aromatic rings. The van der Waals surface area contributed by atoms with Crippen molar-refractivity contribution in [2.45, 2.75) is 65.8 Å². The Morgan fingerprint density at radius 3 is 1.25 bits per heavy atom. The first-order chi connectivity index (χ1) is 5.37. The van der Waals surface area contributed by atoms with Gasteiger partial charge in [-0.1, -0.05) is 0 Å². The fourth-order valence-corrected chi connectivity index (χ4v) is 1.79. The van der Waals surface area contributed by atoms with Crippen LogP contribution in [0, 0.1) is 0 Å². The second-order valence-corrected chi connectivity index (χ2v) is 4.12. The van der Waals surface area contributed by atoms with E-state index in [-0.39, 0.29) is 12.1 Å². The Morgan fingerprint density at radius 1 is 0.833 bits per heavy atom. The summed E-state index contributed by atoms with van der Waals surface area (Å²) in [7, 11) is 0. The van der Waals surface area contributed by atoms with Crippen molar-refractivity contribution in [2.24, 2.45) is 0 Å². The third-order valence-electron chi connectivity index (χ3n) is 2.36. The average molecular weight is 173 g/mol. The monoisotopic (exact) mass is 173 g/mol. The van der Waals surface area contributed by atoms with Crippen LogP contribution in [0.4, 0.5) is 0 Å². The van der Waals surface area contributed by atoms with Gasteiger partial charge in [-0.3, -0.25) is 4.90 Å². The first-order valence-electron chi connectivity index (χ1n) is 4.83. The molecular weight excluding hydrogens is 150 g/mol. The molecule has 0 spiro atoms. The normalized spacial score (nSPS) is 17.5. The van der Waals surface area contributed by atoms with Crippen molar-refractivity contribution in [2.75, 3.05) is 0 Å². The Balaban J connectivity index is 4.30. The van der Waals surface area contributed by atoms with Crippen LogP contribution in [0.5, 0.6) is 0 Å². The highest BCUT2D eigenvalue weighted by Crippen LogP contribution is 2.12. The van der Waals surface area contributed by atoms with Gasteiger partial charge in [0, 0.05) is 18.1 Å². The third kappa shape index (κ3) is 3.11. The predicted octanol–water partition coefficient (Wildman–Crippen LogP) is 1.87. The Bertz CT molecular complexity index is 113. The second-order valence-electron chi connectivity index (χ2n) is 4.12. The summed E-state index contributed by atoms with van der Waals surface area (Å²) >= 11 is 0. The van der Waals surface area contributed by atoms with E-state index in [0.717, 1.165) is 0 Å². The minimum absolute atomic E-state index is 0.241. The molecule has 0 radical (unpaired) electrons. The second kappa shape index (κ2) is 4.83. The lowest BCUT2D eigenvalue weighted by atomic mass is 10.1. The van der Waals surface area contributed by atoms with Crippen LogP contribution >= 0.6 is 0 Å². The summed E-state index contributed by atoms with van der Waals surface area (Å²) in [4.78, 5) is 2.32. The summed E-state index contributed by atoms with van der Waals surface area (Å²) in [5.74, 6) is 0. The minimum Gasteiger partial charge on any atom is -0.392 e. The van der Waals surface area contributed by atoms with Crippen LogP contribution < -0.4 is 0 Å². The molecule has 0 aliphatic rings. The van der Waals surface area contributed by atoms with E-state index in [0.29, 0.717) is 12.1 Å². The predicted molar refractivity (Wildman–Crippen MR) is 53.3 cm³/mol. The van der Waals surface area contributed by atoms with Crippen molar-refractivity contribution in [3.63, 3.8) is 0 Å². The fourth-order valence-electron chi connectivity index (χ4n) is 1.79. The molecule has 2 nitrogen and oxygen atoms in total. The van der Waals surface area contributed by atoms with Gasteiger partial charge in [0.25, 0.3) is 0 Å². The molecule has 1 N–H and O–H groups in total. The van der Waals surface area contributed by atoms with E-state index in [4.69, 9.17) is 0 Å². The maximum absolute atomic E-state index is 9.45. The van der Waals surface area contributed by atoms with Crippen LogP contribution in [0.1, 0.15) is 41.5 Å². The zero-order chi connectivity index (χ0) is 9.89. The van der Waals surface area contributed by atoms with Crippen molar-refractivity contribution >= 4 is 0 Å². The Hall–Kier alpha value is -0.0800. The van der Waals surface area contributed by atoms with E-state index in [1.165, 1.54) is 0 Å². The van der Waals surface area contributed by atoms with Gasteiger partial charge >= 0.3 is 0 Å². The molecule has 12 heavy (non-hydrogen) atoms. The molecule has 2 atom stereocenters. The van der Waals surface area contributed by atoms with Crippen LogP contribution in [-0.4, -0.2) is 34.2 Å². The number of nitrogens with zero attached hydrogens (tertiary/aromatic N) is 1. The Labute approximate surface area is 76.6 Å². The molecule has 0 aromatic carbocycles. The van der Waals surface area contributed by atoms with Crippen molar-refractivity contribution in [3.05, 3.63) is 0 Å². The quantitative estimate of drug-likeness (QED) is 0.701. The van der Waals surface area contributed by atoms with Gasteiger partial charge in [-0.25, -0.2) is 0 Å². The molecule has 0 fully saturated rings. The standard InChI is InChI=1S/C10H23NO/c1-7(2)11(8(3)4)9(5)10(6)12/h7-10,12H,1-6H3/t9-,10-/m1/s1. The van der Waals surface area contributed by atoms with E-state index in [9.17, 15) is 5.11 Å². The van der Waals surface area contributed by atoms with Crippen LogP contribution in [0.25, 0.3) is 0 Å². The number of hydrogen-bond donors (Lipinski definition) is 1. The lowest BCUT2D eigenvalue weighted by Gasteiger charge is -2.37. The summed E-state index contributed by atoms with van der Waals surface area (Å²) < 4.78 is 0. The molecule has 0 amide bonds. The highest BCUT2D eigenvalue weighted by molar-refractivity contribution is 4.77. The third-order valence-corrected chi connectivity index (χ3v) is 2.36. The van der Waals surface area contributed by atoms with Gasteiger partial charge < -0.3 is 5.11 Å². The molecular formula is C10H23NO. The van der Waals surface area contributed by atoms with Gasteiger partial charge in [-0.15, -0.1) is 0 Å². The summed E-state index contributed by atoms with van der Waals surface area (Å²) in [6.07, 6.45) is -0.255. The highest BCUT2D eigenvalue weighted by atomic mass is 16.3. The maximum Gasteiger partial charge on any atom is 0.0664 e. The highest BCUT2D eigenvalue weighted by Gasteiger charge is 2.22. The molecule has 0 saturated carbocycles.